The van der Waals surface area contributed by atoms with Crippen LogP contribution in [-0.2, 0) is 19.1 Å². The summed E-state index contributed by atoms with van der Waals surface area (Å²) >= 11 is 0. The van der Waals surface area contributed by atoms with Crippen LogP contribution in [0.25, 0.3) is 0 Å². The van der Waals surface area contributed by atoms with E-state index in [4.69, 9.17) is 4.74 Å². The zero-order chi connectivity index (χ0) is 22.5. The molecule has 29 heavy (non-hydrogen) atoms. The molecule has 0 spiro atoms. The highest BCUT2D eigenvalue weighted by atomic mass is 16.6. The molecular formula is C20H35N3O6. The summed E-state index contributed by atoms with van der Waals surface area (Å²) in [6.45, 7) is 12.6. The average molecular weight is 414 g/mol. The molecule has 1 heterocycles. The predicted octanol–water partition coefficient (Wildman–Crippen LogP) is 1.75. The first-order valence-corrected chi connectivity index (χ1v) is 10.1. The Labute approximate surface area is 172 Å². The fourth-order valence-electron chi connectivity index (χ4n) is 3.19. The van der Waals surface area contributed by atoms with Crippen molar-refractivity contribution < 1.29 is 29.0 Å². The van der Waals surface area contributed by atoms with E-state index in [1.54, 1.807) is 48.5 Å². The SMILES string of the molecule is CC(C)[C@H](NC(=O)[C@@H]1CCCN1C(=O)[C@@H](NC(=O)OC(C)(C)C)C(C)C)C(=O)O. The van der Waals surface area contributed by atoms with Crippen LogP contribution >= 0.6 is 0 Å². The van der Waals surface area contributed by atoms with Crippen molar-refractivity contribution in [3.63, 3.8) is 0 Å². The van der Waals surface area contributed by atoms with Crippen molar-refractivity contribution in [2.24, 2.45) is 11.8 Å². The van der Waals surface area contributed by atoms with Gasteiger partial charge in [0.15, 0.2) is 0 Å². The monoisotopic (exact) mass is 413 g/mol. The number of nitrogens with one attached hydrogen (secondary N) is 2. The number of amides is 3. The standard InChI is InChI=1S/C20H35N3O6/c1-11(2)14(22-19(28)29-20(5,6)7)17(25)23-10-8-9-13(23)16(24)21-15(12(3)4)18(26)27/h11-15H,8-10H2,1-7H3,(H,21,24)(H,22,28)(H,26,27)/t13-,14-,15-/m0/s1. The number of carboxylic acids is 1. The van der Waals surface area contributed by atoms with Crippen molar-refractivity contribution in [2.45, 2.75) is 85.0 Å². The van der Waals surface area contributed by atoms with Gasteiger partial charge >= 0.3 is 12.1 Å². The van der Waals surface area contributed by atoms with E-state index >= 15 is 0 Å². The molecule has 1 aliphatic heterocycles. The maximum atomic E-state index is 13.1. The van der Waals surface area contributed by atoms with Crippen LogP contribution in [0.5, 0.6) is 0 Å². The number of nitrogens with zero attached hydrogens (tertiary/aromatic N) is 1. The van der Waals surface area contributed by atoms with E-state index in [0.717, 1.165) is 0 Å². The first-order valence-electron chi connectivity index (χ1n) is 10.1. The number of ether oxygens (including phenoxy) is 1. The molecule has 0 saturated carbocycles. The topological polar surface area (TPSA) is 125 Å². The highest BCUT2D eigenvalue weighted by molar-refractivity contribution is 5.93. The van der Waals surface area contributed by atoms with Gasteiger partial charge in [-0.05, 0) is 45.4 Å². The van der Waals surface area contributed by atoms with Crippen LogP contribution in [-0.4, -0.2) is 64.2 Å². The Kier molecular flexibility index (Phi) is 8.47. The highest BCUT2D eigenvalue weighted by Crippen LogP contribution is 2.21. The third-order valence-corrected chi connectivity index (χ3v) is 4.67. The van der Waals surface area contributed by atoms with E-state index in [9.17, 15) is 24.3 Å². The van der Waals surface area contributed by atoms with E-state index in [2.05, 4.69) is 10.6 Å². The maximum Gasteiger partial charge on any atom is 0.408 e. The Bertz CT molecular complexity index is 626. The first kappa shape index (κ1) is 24.7. The Morgan fingerprint density at radius 3 is 2.00 bits per heavy atom. The lowest BCUT2D eigenvalue weighted by Crippen LogP contribution is -2.57. The van der Waals surface area contributed by atoms with Gasteiger partial charge < -0.3 is 25.4 Å². The van der Waals surface area contributed by atoms with Crippen LogP contribution in [0.2, 0.25) is 0 Å². The van der Waals surface area contributed by atoms with Crippen molar-refractivity contribution >= 4 is 23.9 Å². The van der Waals surface area contributed by atoms with Crippen LogP contribution < -0.4 is 10.6 Å². The third kappa shape index (κ3) is 7.21. The fourth-order valence-corrected chi connectivity index (χ4v) is 3.19. The van der Waals surface area contributed by atoms with Gasteiger partial charge in [-0.3, -0.25) is 9.59 Å². The third-order valence-electron chi connectivity index (χ3n) is 4.67. The number of hydrogen-bond donors (Lipinski definition) is 3. The maximum absolute atomic E-state index is 13.1. The highest BCUT2D eigenvalue weighted by Gasteiger charge is 2.40. The molecule has 0 aromatic heterocycles. The minimum absolute atomic E-state index is 0.221. The van der Waals surface area contributed by atoms with E-state index < -0.39 is 41.7 Å². The molecule has 1 aliphatic rings. The molecule has 0 radical (unpaired) electrons. The Hall–Kier alpha value is -2.32. The summed E-state index contributed by atoms with van der Waals surface area (Å²) in [5.74, 6) is -2.49. The number of carboxylic acid groups (broad SMARTS) is 1. The quantitative estimate of drug-likeness (QED) is 0.584. The van der Waals surface area contributed by atoms with Gasteiger partial charge in [0, 0.05) is 6.54 Å². The zero-order valence-corrected chi connectivity index (χ0v) is 18.4. The molecule has 1 rings (SSSR count). The Morgan fingerprint density at radius 2 is 1.55 bits per heavy atom. The van der Waals surface area contributed by atoms with E-state index in [-0.39, 0.29) is 17.7 Å². The summed E-state index contributed by atoms with van der Waals surface area (Å²) in [5.41, 5.74) is -0.701. The second kappa shape index (κ2) is 9.93. The van der Waals surface area contributed by atoms with Gasteiger partial charge in [0.2, 0.25) is 11.8 Å². The summed E-state index contributed by atoms with van der Waals surface area (Å²) in [6.07, 6.45) is 0.371. The number of rotatable bonds is 7. The molecule has 0 aliphatic carbocycles. The molecule has 9 nitrogen and oxygen atoms in total. The van der Waals surface area contributed by atoms with Gasteiger partial charge in [-0.25, -0.2) is 9.59 Å². The zero-order valence-electron chi connectivity index (χ0n) is 18.4. The van der Waals surface area contributed by atoms with Gasteiger partial charge in [-0.1, -0.05) is 27.7 Å². The van der Waals surface area contributed by atoms with Crippen molar-refractivity contribution in [1.82, 2.24) is 15.5 Å². The molecule has 3 amide bonds. The smallest absolute Gasteiger partial charge is 0.408 e. The summed E-state index contributed by atoms with van der Waals surface area (Å²) in [4.78, 5) is 50.8. The minimum Gasteiger partial charge on any atom is -0.480 e. The van der Waals surface area contributed by atoms with Crippen molar-refractivity contribution in [2.75, 3.05) is 6.54 Å². The molecule has 1 saturated heterocycles. The lowest BCUT2D eigenvalue weighted by Gasteiger charge is -2.31. The van der Waals surface area contributed by atoms with Crippen LogP contribution in [0.1, 0.15) is 61.3 Å². The molecule has 3 N–H and O–H groups in total. The summed E-state index contributed by atoms with van der Waals surface area (Å²) in [5, 5.41) is 14.5. The van der Waals surface area contributed by atoms with Gasteiger partial charge in [0.05, 0.1) is 0 Å². The van der Waals surface area contributed by atoms with Crippen LogP contribution in [0, 0.1) is 11.8 Å². The van der Waals surface area contributed by atoms with Crippen LogP contribution in [0.15, 0.2) is 0 Å². The van der Waals surface area contributed by atoms with E-state index in [0.29, 0.717) is 19.4 Å². The molecule has 166 valence electrons. The second-order valence-corrected chi connectivity index (χ2v) is 9.13. The van der Waals surface area contributed by atoms with Gasteiger partial charge in [-0.2, -0.15) is 0 Å². The van der Waals surface area contributed by atoms with Gasteiger partial charge in [0.1, 0.15) is 23.7 Å². The molecule has 1 fully saturated rings. The molecule has 0 aromatic rings. The fraction of sp³-hybridized carbons (Fsp3) is 0.800. The second-order valence-electron chi connectivity index (χ2n) is 9.13. The normalized spacial score (nSPS) is 19.1. The largest absolute Gasteiger partial charge is 0.480 e. The number of hydrogen-bond acceptors (Lipinski definition) is 5. The summed E-state index contributed by atoms with van der Waals surface area (Å²) in [6, 6.07) is -2.63. The number of carbonyl (C=O) groups excluding carboxylic acids is 3. The first-order chi connectivity index (χ1) is 13.2. The van der Waals surface area contributed by atoms with E-state index in [1.165, 1.54) is 4.90 Å². The Balaban J connectivity index is 2.92. The van der Waals surface area contributed by atoms with Crippen molar-refractivity contribution in [3.8, 4) is 0 Å². The average Bonchev–Trinajstić information content (AvgIpc) is 3.04. The van der Waals surface area contributed by atoms with Gasteiger partial charge in [0.25, 0.3) is 0 Å². The lowest BCUT2D eigenvalue weighted by molar-refractivity contribution is -0.145. The number of alkyl carbamates (subject to hydrolysis) is 1. The van der Waals surface area contributed by atoms with Crippen molar-refractivity contribution in [1.29, 1.82) is 0 Å². The van der Waals surface area contributed by atoms with Crippen LogP contribution in [0.4, 0.5) is 4.79 Å². The molecule has 0 unspecified atom stereocenters. The molecule has 9 heteroatoms. The van der Waals surface area contributed by atoms with Crippen molar-refractivity contribution in [3.05, 3.63) is 0 Å². The van der Waals surface area contributed by atoms with E-state index in [1.807, 2.05) is 0 Å². The molecule has 0 bridgehead atoms. The predicted molar refractivity (Wildman–Crippen MR) is 107 cm³/mol. The number of aliphatic carboxylic acids is 1. The summed E-state index contributed by atoms with van der Waals surface area (Å²) in [7, 11) is 0. The minimum atomic E-state index is -1.11. The Morgan fingerprint density at radius 1 is 1.00 bits per heavy atom. The van der Waals surface area contributed by atoms with Gasteiger partial charge in [-0.15, -0.1) is 0 Å². The molecule has 0 aromatic carbocycles. The molecular weight excluding hydrogens is 378 g/mol. The number of likely N-dealkylation sites (tertiary alicyclic amines) is 1. The molecule has 3 atom stereocenters. The lowest BCUT2D eigenvalue weighted by atomic mass is 10.0. The number of carbonyl (C=O) groups is 4. The van der Waals surface area contributed by atoms with Crippen LogP contribution in [0.3, 0.4) is 0 Å². The summed E-state index contributed by atoms with van der Waals surface area (Å²) < 4.78 is 5.25.